The van der Waals surface area contributed by atoms with Crippen molar-refractivity contribution in [3.8, 4) is 0 Å². The third-order valence-corrected chi connectivity index (χ3v) is 4.10. The van der Waals surface area contributed by atoms with Gasteiger partial charge in [-0.3, -0.25) is 9.71 Å². The molecule has 0 fully saturated rings. The average Bonchev–Trinajstić information content (AvgIpc) is 2.47. The number of pyridine rings is 1. The van der Waals surface area contributed by atoms with Crippen molar-refractivity contribution in [1.29, 1.82) is 0 Å². The van der Waals surface area contributed by atoms with E-state index in [-0.39, 0.29) is 5.75 Å². The third kappa shape index (κ3) is 4.32. The molecule has 0 radical (unpaired) electrons. The van der Waals surface area contributed by atoms with E-state index in [2.05, 4.69) is 9.71 Å². The van der Waals surface area contributed by atoms with Gasteiger partial charge in [-0.25, -0.2) is 8.42 Å². The number of benzene rings is 1. The van der Waals surface area contributed by atoms with Crippen molar-refractivity contribution >= 4 is 15.7 Å². The summed E-state index contributed by atoms with van der Waals surface area (Å²) < 4.78 is 26.5. The van der Waals surface area contributed by atoms with Crippen LogP contribution in [-0.4, -0.2) is 19.2 Å². The largest absolute Gasteiger partial charge is 0.326 e. The number of aryl methyl sites for hydroxylation is 1. The van der Waals surface area contributed by atoms with Crippen molar-refractivity contribution in [1.82, 2.24) is 4.98 Å². The van der Waals surface area contributed by atoms with E-state index in [1.165, 1.54) is 0 Å². The second kappa shape index (κ2) is 6.49. The molecule has 2 aromatic rings. The van der Waals surface area contributed by atoms with Crippen molar-refractivity contribution in [2.75, 3.05) is 10.5 Å². The molecule has 0 atom stereocenters. The molecule has 6 heteroatoms. The quantitative estimate of drug-likeness (QED) is 0.845. The molecule has 106 valence electrons. The number of hydrogen-bond donors (Lipinski definition) is 2. The lowest BCUT2D eigenvalue weighted by Crippen LogP contribution is -2.18. The Balaban J connectivity index is 1.96. The molecule has 1 aromatic heterocycles. The van der Waals surface area contributed by atoms with Gasteiger partial charge < -0.3 is 5.73 Å². The zero-order chi connectivity index (χ0) is 14.4. The van der Waals surface area contributed by atoms with Crippen LogP contribution in [0, 0.1) is 0 Å². The normalized spacial score (nSPS) is 11.2. The number of aromatic nitrogens is 1. The Morgan fingerprint density at radius 1 is 1.10 bits per heavy atom. The molecule has 1 heterocycles. The lowest BCUT2D eigenvalue weighted by atomic mass is 10.2. The molecule has 0 bridgehead atoms. The SMILES string of the molecule is NCc1ccc(NS(=O)(=O)CCc2ccccn2)cc1. The van der Waals surface area contributed by atoms with Crippen molar-refractivity contribution in [3.05, 3.63) is 59.9 Å². The predicted octanol–water partition coefficient (Wildman–Crippen LogP) is 1.52. The maximum atomic E-state index is 12.0. The van der Waals surface area contributed by atoms with Gasteiger partial charge in [-0.2, -0.15) is 0 Å². The summed E-state index contributed by atoms with van der Waals surface area (Å²) in [6.07, 6.45) is 2.04. The number of nitrogens with two attached hydrogens (primary N) is 1. The molecule has 0 amide bonds. The molecule has 0 aliphatic carbocycles. The van der Waals surface area contributed by atoms with E-state index in [0.717, 1.165) is 11.3 Å². The Hall–Kier alpha value is -1.92. The molecule has 5 nitrogen and oxygen atoms in total. The van der Waals surface area contributed by atoms with Gasteiger partial charge in [0, 0.05) is 30.5 Å². The van der Waals surface area contributed by atoms with Crippen LogP contribution in [0.3, 0.4) is 0 Å². The summed E-state index contributed by atoms with van der Waals surface area (Å²) in [5, 5.41) is 0. The number of sulfonamides is 1. The first-order valence-corrected chi connectivity index (χ1v) is 7.94. The topological polar surface area (TPSA) is 85.1 Å². The molecule has 2 rings (SSSR count). The van der Waals surface area contributed by atoms with E-state index < -0.39 is 10.0 Å². The van der Waals surface area contributed by atoms with Gasteiger partial charge in [0.05, 0.1) is 5.75 Å². The summed E-state index contributed by atoms with van der Waals surface area (Å²) in [5.41, 5.74) is 7.76. The molecule has 0 saturated heterocycles. The summed E-state index contributed by atoms with van der Waals surface area (Å²) >= 11 is 0. The highest BCUT2D eigenvalue weighted by atomic mass is 32.2. The Bertz CT molecular complexity index is 640. The highest BCUT2D eigenvalue weighted by molar-refractivity contribution is 7.92. The zero-order valence-corrected chi connectivity index (χ0v) is 11.8. The van der Waals surface area contributed by atoms with Crippen molar-refractivity contribution < 1.29 is 8.42 Å². The molecule has 0 unspecified atom stereocenters. The van der Waals surface area contributed by atoms with Crippen LogP contribution in [0.4, 0.5) is 5.69 Å². The first-order valence-electron chi connectivity index (χ1n) is 6.28. The molecule has 0 aliphatic heterocycles. The van der Waals surface area contributed by atoms with Gasteiger partial charge in [0.15, 0.2) is 0 Å². The third-order valence-electron chi connectivity index (χ3n) is 2.82. The number of nitrogens with one attached hydrogen (secondary N) is 1. The minimum absolute atomic E-state index is 0.00263. The fourth-order valence-corrected chi connectivity index (χ4v) is 2.80. The van der Waals surface area contributed by atoms with E-state index >= 15 is 0 Å². The summed E-state index contributed by atoms with van der Waals surface area (Å²) in [6, 6.07) is 12.5. The van der Waals surface area contributed by atoms with E-state index in [4.69, 9.17) is 5.73 Å². The summed E-state index contributed by atoms with van der Waals surface area (Å²) in [6.45, 7) is 0.437. The first-order chi connectivity index (χ1) is 9.59. The van der Waals surface area contributed by atoms with Crippen LogP contribution < -0.4 is 10.5 Å². The Morgan fingerprint density at radius 2 is 1.85 bits per heavy atom. The van der Waals surface area contributed by atoms with Crippen molar-refractivity contribution in [2.24, 2.45) is 5.73 Å². The fourth-order valence-electron chi connectivity index (χ4n) is 1.72. The summed E-state index contributed by atoms with van der Waals surface area (Å²) in [4.78, 5) is 4.11. The van der Waals surface area contributed by atoms with E-state index in [1.54, 1.807) is 36.5 Å². The molecule has 0 spiro atoms. The highest BCUT2D eigenvalue weighted by Gasteiger charge is 2.11. The molecule has 20 heavy (non-hydrogen) atoms. The highest BCUT2D eigenvalue weighted by Crippen LogP contribution is 2.11. The van der Waals surface area contributed by atoms with Gasteiger partial charge in [-0.15, -0.1) is 0 Å². The van der Waals surface area contributed by atoms with Gasteiger partial charge in [-0.1, -0.05) is 18.2 Å². The lowest BCUT2D eigenvalue weighted by molar-refractivity contribution is 0.600. The van der Waals surface area contributed by atoms with Gasteiger partial charge in [0.1, 0.15) is 0 Å². The van der Waals surface area contributed by atoms with Crippen LogP contribution >= 0.6 is 0 Å². The number of nitrogens with zero attached hydrogens (tertiary/aromatic N) is 1. The Morgan fingerprint density at radius 3 is 2.45 bits per heavy atom. The predicted molar refractivity (Wildman–Crippen MR) is 79.7 cm³/mol. The fraction of sp³-hybridized carbons (Fsp3) is 0.214. The van der Waals surface area contributed by atoms with E-state index in [0.29, 0.717) is 18.7 Å². The van der Waals surface area contributed by atoms with Crippen LogP contribution in [0.25, 0.3) is 0 Å². The van der Waals surface area contributed by atoms with Crippen LogP contribution in [-0.2, 0) is 23.0 Å². The minimum Gasteiger partial charge on any atom is -0.326 e. The minimum atomic E-state index is -3.37. The molecule has 0 aliphatic rings. The van der Waals surface area contributed by atoms with Gasteiger partial charge in [0.2, 0.25) is 10.0 Å². The van der Waals surface area contributed by atoms with Crippen molar-refractivity contribution in [3.63, 3.8) is 0 Å². The molecular weight excluding hydrogens is 274 g/mol. The lowest BCUT2D eigenvalue weighted by Gasteiger charge is -2.08. The summed E-state index contributed by atoms with van der Waals surface area (Å²) in [7, 11) is -3.37. The second-order valence-corrected chi connectivity index (χ2v) is 6.23. The second-order valence-electron chi connectivity index (χ2n) is 4.39. The molecular formula is C14H17N3O2S. The maximum absolute atomic E-state index is 12.0. The van der Waals surface area contributed by atoms with Crippen LogP contribution in [0.5, 0.6) is 0 Å². The molecule has 1 aromatic carbocycles. The summed E-state index contributed by atoms with van der Waals surface area (Å²) in [5.74, 6) is 0.00263. The van der Waals surface area contributed by atoms with Crippen LogP contribution in [0.1, 0.15) is 11.3 Å². The van der Waals surface area contributed by atoms with Crippen LogP contribution in [0.2, 0.25) is 0 Å². The first kappa shape index (κ1) is 14.5. The standard InChI is InChI=1S/C14H17N3O2S/c15-11-12-4-6-14(7-5-12)17-20(18,19)10-8-13-3-1-2-9-16-13/h1-7,9,17H,8,10-11,15H2. The number of hydrogen-bond acceptors (Lipinski definition) is 4. The van der Waals surface area contributed by atoms with Gasteiger partial charge in [0.25, 0.3) is 0 Å². The van der Waals surface area contributed by atoms with Gasteiger partial charge in [-0.05, 0) is 29.8 Å². The number of anilines is 1. The van der Waals surface area contributed by atoms with Crippen molar-refractivity contribution in [2.45, 2.75) is 13.0 Å². The monoisotopic (exact) mass is 291 g/mol. The van der Waals surface area contributed by atoms with Crippen LogP contribution in [0.15, 0.2) is 48.7 Å². The van der Waals surface area contributed by atoms with Gasteiger partial charge >= 0.3 is 0 Å². The zero-order valence-electron chi connectivity index (χ0n) is 11.0. The smallest absolute Gasteiger partial charge is 0.233 e. The molecule has 3 N–H and O–H groups in total. The van der Waals surface area contributed by atoms with E-state index in [9.17, 15) is 8.42 Å². The van der Waals surface area contributed by atoms with E-state index in [1.807, 2.05) is 12.1 Å². The average molecular weight is 291 g/mol. The maximum Gasteiger partial charge on any atom is 0.233 e. The Kier molecular flexibility index (Phi) is 4.70. The Labute approximate surface area is 118 Å². The molecule has 0 saturated carbocycles. The number of rotatable bonds is 6.